The largest absolute Gasteiger partial charge is 0.475 e. The number of fused-ring (bicyclic) bond motifs is 1. The van der Waals surface area contributed by atoms with Crippen molar-refractivity contribution in [2.45, 2.75) is 37.8 Å². The first-order chi connectivity index (χ1) is 16.0. The molecule has 3 aromatic rings. The van der Waals surface area contributed by atoms with Crippen LogP contribution in [0.5, 0.6) is 5.88 Å². The minimum Gasteiger partial charge on any atom is -0.475 e. The molecule has 3 atom stereocenters. The number of amides is 1. The van der Waals surface area contributed by atoms with Gasteiger partial charge in [-0.25, -0.2) is 19.3 Å². The number of aryl methyl sites for hydroxylation is 1. The normalized spacial score (nSPS) is 23.3. The maximum atomic E-state index is 14.1. The molecule has 2 aliphatic rings. The number of nitrogens with zero attached hydrogens (tertiary/aromatic N) is 4. The van der Waals surface area contributed by atoms with Crippen molar-refractivity contribution < 1.29 is 13.9 Å². The number of hydrogen-bond donors (Lipinski definition) is 0. The number of likely N-dealkylation sites (tertiary alicyclic amines) is 1. The second kappa shape index (κ2) is 8.96. The van der Waals surface area contributed by atoms with Crippen LogP contribution in [0.1, 0.15) is 35.2 Å². The van der Waals surface area contributed by atoms with Gasteiger partial charge in [-0.2, -0.15) is 0 Å². The van der Waals surface area contributed by atoms with Gasteiger partial charge in [0.05, 0.1) is 17.3 Å². The summed E-state index contributed by atoms with van der Waals surface area (Å²) in [6.07, 6.45) is 7.42. The number of piperidine rings is 1. The fourth-order valence-corrected chi connectivity index (χ4v) is 5.85. The van der Waals surface area contributed by atoms with Crippen molar-refractivity contribution in [1.29, 1.82) is 0 Å². The second-order valence-corrected chi connectivity index (χ2v) is 9.77. The highest BCUT2D eigenvalue weighted by Crippen LogP contribution is 2.58. The van der Waals surface area contributed by atoms with Gasteiger partial charge in [0.25, 0.3) is 5.91 Å². The lowest BCUT2D eigenvalue weighted by Gasteiger charge is -2.70. The van der Waals surface area contributed by atoms with E-state index < -0.39 is 5.82 Å². The van der Waals surface area contributed by atoms with E-state index in [2.05, 4.69) is 37.5 Å². The molecule has 1 aromatic carbocycles. The monoisotopic (exact) mass is 558 g/mol. The predicted molar refractivity (Wildman–Crippen MR) is 131 cm³/mol. The number of rotatable bonds is 7. The molecular formula is C25H24FIN4O2. The van der Waals surface area contributed by atoms with Gasteiger partial charge in [0.1, 0.15) is 12.4 Å². The van der Waals surface area contributed by atoms with Gasteiger partial charge in [0.2, 0.25) is 5.88 Å². The Morgan fingerprint density at radius 1 is 1.24 bits per heavy atom. The summed E-state index contributed by atoms with van der Waals surface area (Å²) in [4.78, 5) is 28.9. The van der Waals surface area contributed by atoms with Crippen molar-refractivity contribution >= 4 is 28.5 Å². The molecular weight excluding hydrogens is 534 g/mol. The van der Waals surface area contributed by atoms with Gasteiger partial charge >= 0.3 is 0 Å². The Morgan fingerprint density at radius 2 is 2.06 bits per heavy atom. The van der Waals surface area contributed by atoms with Crippen LogP contribution in [-0.2, 0) is 0 Å². The quantitative estimate of drug-likeness (QED) is 0.306. The van der Waals surface area contributed by atoms with E-state index in [4.69, 9.17) is 4.74 Å². The van der Waals surface area contributed by atoms with Crippen LogP contribution in [0, 0.1) is 18.7 Å². The lowest BCUT2D eigenvalue weighted by molar-refractivity contribution is -0.190. The molecule has 2 aromatic heterocycles. The van der Waals surface area contributed by atoms with E-state index in [1.54, 1.807) is 18.5 Å². The van der Waals surface area contributed by atoms with Crippen molar-refractivity contribution in [3.63, 3.8) is 0 Å². The van der Waals surface area contributed by atoms with E-state index >= 15 is 0 Å². The lowest BCUT2D eigenvalue weighted by Crippen LogP contribution is -2.81. The van der Waals surface area contributed by atoms with Crippen LogP contribution in [0.3, 0.4) is 0 Å². The fraction of sp³-hybridized carbons (Fsp3) is 0.360. The number of hydrogen-bond acceptors (Lipinski definition) is 5. The minimum absolute atomic E-state index is 0.0115. The average Bonchev–Trinajstić information content (AvgIpc) is 2.82. The van der Waals surface area contributed by atoms with E-state index in [0.29, 0.717) is 29.8 Å². The zero-order chi connectivity index (χ0) is 23.0. The number of aromatic nitrogens is 3. The smallest absolute Gasteiger partial charge is 0.255 e. The van der Waals surface area contributed by atoms with Crippen LogP contribution in [-0.4, -0.2) is 48.4 Å². The molecule has 0 radical (unpaired) electrons. The maximum Gasteiger partial charge on any atom is 0.255 e. The molecule has 2 fully saturated rings. The van der Waals surface area contributed by atoms with Gasteiger partial charge in [-0.15, -0.1) is 0 Å². The maximum absolute atomic E-state index is 14.1. The summed E-state index contributed by atoms with van der Waals surface area (Å²) in [7, 11) is 0. The van der Waals surface area contributed by atoms with E-state index in [0.717, 1.165) is 41.0 Å². The third-order valence-corrected chi connectivity index (χ3v) is 7.48. The summed E-state index contributed by atoms with van der Waals surface area (Å²) in [6.45, 7) is 2.33. The molecule has 3 heterocycles. The molecule has 6 nitrogen and oxygen atoms in total. The van der Waals surface area contributed by atoms with E-state index in [1.165, 1.54) is 12.1 Å². The van der Waals surface area contributed by atoms with E-state index in [-0.39, 0.29) is 17.5 Å². The topological polar surface area (TPSA) is 68.2 Å². The van der Waals surface area contributed by atoms with Gasteiger partial charge in [0.15, 0.2) is 5.82 Å². The minimum atomic E-state index is -0.403. The molecule has 5 rings (SSSR count). The molecule has 170 valence electrons. The molecule has 1 saturated heterocycles. The molecule has 8 heteroatoms. The molecule has 1 saturated carbocycles. The van der Waals surface area contributed by atoms with Crippen molar-refractivity contribution in [3.05, 3.63) is 71.9 Å². The number of benzene rings is 1. The van der Waals surface area contributed by atoms with Crippen LogP contribution in [0.15, 0.2) is 55.0 Å². The molecule has 1 aliphatic carbocycles. The fourth-order valence-electron chi connectivity index (χ4n) is 5.21. The standard InChI is InChI=1S/C25H24FIN4O2/c1-16-3-5-18(23-28-11-2-12-29-23)19(13-16)24(32)31-21(8-10-27)20-7-9-25(20,31)15-33-22-6-4-17(26)14-30-22/h2-6,11-14,20-21H,7-10,15H2,1H3. The van der Waals surface area contributed by atoms with Gasteiger partial charge in [0, 0.05) is 40.4 Å². The Bertz CT molecular complexity index is 1160. The molecule has 0 spiro atoms. The highest BCUT2D eigenvalue weighted by atomic mass is 127. The number of halogens is 2. The van der Waals surface area contributed by atoms with E-state index in [9.17, 15) is 9.18 Å². The highest BCUT2D eigenvalue weighted by Gasteiger charge is 2.67. The number of carbonyl (C=O) groups excluding carboxylic acids is 1. The van der Waals surface area contributed by atoms with Crippen molar-refractivity contribution in [1.82, 2.24) is 19.9 Å². The Labute approximate surface area is 205 Å². The first-order valence-corrected chi connectivity index (χ1v) is 12.6. The Morgan fingerprint density at radius 3 is 2.73 bits per heavy atom. The number of ether oxygens (including phenoxy) is 1. The van der Waals surface area contributed by atoms with Gasteiger partial charge in [-0.3, -0.25) is 4.79 Å². The third kappa shape index (κ3) is 3.88. The third-order valence-electron chi connectivity index (χ3n) is 6.86. The van der Waals surface area contributed by atoms with Crippen molar-refractivity contribution in [3.8, 4) is 17.3 Å². The van der Waals surface area contributed by atoms with Gasteiger partial charge < -0.3 is 9.64 Å². The zero-order valence-electron chi connectivity index (χ0n) is 18.2. The summed E-state index contributed by atoms with van der Waals surface area (Å²) in [5.41, 5.74) is 2.00. The Hall–Kier alpha value is -2.62. The van der Waals surface area contributed by atoms with Crippen LogP contribution in [0.2, 0.25) is 0 Å². The van der Waals surface area contributed by atoms with Crippen LogP contribution in [0.4, 0.5) is 4.39 Å². The van der Waals surface area contributed by atoms with Gasteiger partial charge in [-0.1, -0.05) is 40.3 Å². The summed E-state index contributed by atoms with van der Waals surface area (Å²) < 4.78 is 20.2. The summed E-state index contributed by atoms with van der Waals surface area (Å²) >= 11 is 2.37. The summed E-state index contributed by atoms with van der Waals surface area (Å²) in [6, 6.07) is 10.6. The Kier molecular flexibility index (Phi) is 6.03. The molecule has 1 amide bonds. The van der Waals surface area contributed by atoms with Crippen molar-refractivity contribution in [2.75, 3.05) is 11.0 Å². The number of alkyl halides is 1. The van der Waals surface area contributed by atoms with Crippen molar-refractivity contribution in [2.24, 2.45) is 5.92 Å². The first-order valence-electron chi connectivity index (χ1n) is 11.1. The highest BCUT2D eigenvalue weighted by molar-refractivity contribution is 14.1. The molecule has 33 heavy (non-hydrogen) atoms. The summed E-state index contributed by atoms with van der Waals surface area (Å²) in [5, 5.41) is 0. The van der Waals surface area contributed by atoms with Gasteiger partial charge in [-0.05, 0) is 44.4 Å². The second-order valence-electron chi connectivity index (χ2n) is 8.69. The number of carbonyl (C=O) groups is 1. The SMILES string of the molecule is Cc1ccc(-c2ncccn2)c(C(=O)N2C(CCI)C3CCC32COc2ccc(F)cn2)c1. The van der Waals surface area contributed by atoms with Crippen LogP contribution < -0.4 is 4.74 Å². The van der Waals surface area contributed by atoms with Crippen LogP contribution in [0.25, 0.3) is 11.4 Å². The van der Waals surface area contributed by atoms with Crippen LogP contribution >= 0.6 is 22.6 Å². The molecule has 0 N–H and O–H groups in total. The average molecular weight is 558 g/mol. The Balaban J connectivity index is 1.47. The van der Waals surface area contributed by atoms with E-state index in [1.807, 2.05) is 30.0 Å². The zero-order valence-corrected chi connectivity index (χ0v) is 20.4. The predicted octanol–water partition coefficient (Wildman–Crippen LogP) is 4.86. The molecule has 1 aliphatic heterocycles. The lowest BCUT2D eigenvalue weighted by atomic mass is 9.54. The molecule has 0 bridgehead atoms. The molecule has 3 unspecified atom stereocenters. The number of pyridine rings is 1. The summed E-state index contributed by atoms with van der Waals surface area (Å²) in [5.74, 6) is 0.896. The first kappa shape index (κ1) is 22.2.